The number of carbonyl (C=O) groups excluding carboxylic acids is 1. The molecule has 1 heterocycles. The number of carbonyl (C=O) groups is 1. The fraction of sp³-hybridized carbons (Fsp3) is 0.333. The highest BCUT2D eigenvalue weighted by Crippen LogP contribution is 2.31. The Hall–Kier alpha value is -2.31. The van der Waals surface area contributed by atoms with Crippen molar-refractivity contribution in [2.45, 2.75) is 20.3 Å². The van der Waals surface area contributed by atoms with Crippen molar-refractivity contribution in [1.29, 1.82) is 0 Å². The molecule has 0 saturated carbocycles. The van der Waals surface area contributed by atoms with Crippen LogP contribution in [-0.4, -0.2) is 38.1 Å². The van der Waals surface area contributed by atoms with E-state index in [1.54, 1.807) is 11.0 Å². The molecule has 1 amide bonds. The normalized spacial score (nSPS) is 11.3. The Labute approximate surface area is 163 Å². The molecule has 0 atom stereocenters. The summed E-state index contributed by atoms with van der Waals surface area (Å²) >= 11 is 1.36. The third-order valence-electron chi connectivity index (χ3n) is 4.52. The highest BCUT2D eigenvalue weighted by Gasteiger charge is 2.23. The molecule has 4 nitrogen and oxygen atoms in total. The molecule has 3 rings (SSSR count). The van der Waals surface area contributed by atoms with Gasteiger partial charge >= 0.3 is 0 Å². The Bertz CT molecular complexity index is 967. The van der Waals surface area contributed by atoms with E-state index in [9.17, 15) is 9.18 Å². The molecule has 0 aliphatic rings. The van der Waals surface area contributed by atoms with Gasteiger partial charge < -0.3 is 4.90 Å². The summed E-state index contributed by atoms with van der Waals surface area (Å²) in [7, 11) is 4.17. The lowest BCUT2D eigenvalue weighted by molar-refractivity contribution is -0.858. The predicted octanol–water partition coefficient (Wildman–Crippen LogP) is 3.23. The van der Waals surface area contributed by atoms with Gasteiger partial charge in [0.25, 0.3) is 5.91 Å². The zero-order valence-electron chi connectivity index (χ0n) is 16.2. The summed E-state index contributed by atoms with van der Waals surface area (Å²) in [5.41, 5.74) is 2.97. The summed E-state index contributed by atoms with van der Waals surface area (Å²) in [5, 5.41) is 0.551. The zero-order chi connectivity index (χ0) is 19.6. The van der Waals surface area contributed by atoms with E-state index in [0.717, 1.165) is 28.8 Å². The number of anilines is 1. The number of benzene rings is 2. The standard InChI is InChI=1S/C21H24FN3OS/c1-14-9-10-15(2)16(13-14)20(26)25(12-6-11-24(3)4)21-23-19-17(22)7-5-8-18(19)27-21/h5,7-10,13H,6,11-12H2,1-4H3/p+1. The maximum absolute atomic E-state index is 14.1. The number of amides is 1. The molecule has 142 valence electrons. The third-order valence-corrected chi connectivity index (χ3v) is 5.56. The summed E-state index contributed by atoms with van der Waals surface area (Å²) in [6.45, 7) is 5.41. The molecule has 0 bridgehead atoms. The van der Waals surface area contributed by atoms with Crippen LogP contribution in [0.5, 0.6) is 0 Å². The van der Waals surface area contributed by atoms with Crippen molar-refractivity contribution in [2.24, 2.45) is 0 Å². The third kappa shape index (κ3) is 4.34. The van der Waals surface area contributed by atoms with Crippen molar-refractivity contribution in [3.8, 4) is 0 Å². The number of hydrogen-bond acceptors (Lipinski definition) is 3. The number of para-hydroxylation sites is 1. The van der Waals surface area contributed by atoms with Gasteiger partial charge in [0.2, 0.25) is 0 Å². The monoisotopic (exact) mass is 386 g/mol. The molecule has 27 heavy (non-hydrogen) atoms. The number of fused-ring (bicyclic) bond motifs is 1. The first-order valence-corrected chi connectivity index (χ1v) is 9.91. The molecule has 0 aliphatic carbocycles. The van der Waals surface area contributed by atoms with Crippen LogP contribution in [0.15, 0.2) is 36.4 Å². The number of rotatable bonds is 6. The summed E-state index contributed by atoms with van der Waals surface area (Å²) in [6, 6.07) is 10.8. The van der Waals surface area contributed by atoms with Crippen LogP contribution < -0.4 is 9.80 Å². The van der Waals surface area contributed by atoms with Crippen LogP contribution >= 0.6 is 11.3 Å². The van der Waals surface area contributed by atoms with E-state index in [0.29, 0.717) is 22.8 Å². The van der Waals surface area contributed by atoms with E-state index >= 15 is 0 Å². The highest BCUT2D eigenvalue weighted by atomic mass is 32.1. The molecular formula is C21H25FN3OS+. The topological polar surface area (TPSA) is 37.6 Å². The first-order valence-electron chi connectivity index (χ1n) is 9.10. The first-order chi connectivity index (χ1) is 12.9. The number of aryl methyl sites for hydroxylation is 2. The van der Waals surface area contributed by atoms with Gasteiger partial charge in [-0.2, -0.15) is 0 Å². The quantitative estimate of drug-likeness (QED) is 0.706. The summed E-state index contributed by atoms with van der Waals surface area (Å²) in [4.78, 5) is 20.8. The van der Waals surface area contributed by atoms with Gasteiger partial charge in [0, 0.05) is 18.5 Å². The number of quaternary nitrogens is 1. The number of thiazole rings is 1. The van der Waals surface area contributed by atoms with Gasteiger partial charge in [-0.1, -0.05) is 35.1 Å². The van der Waals surface area contributed by atoms with Gasteiger partial charge in [0.15, 0.2) is 5.13 Å². The van der Waals surface area contributed by atoms with Crippen LogP contribution in [0.4, 0.5) is 9.52 Å². The Kier molecular flexibility index (Phi) is 5.87. The van der Waals surface area contributed by atoms with Crippen LogP contribution in [0.3, 0.4) is 0 Å². The molecular weight excluding hydrogens is 361 g/mol. The van der Waals surface area contributed by atoms with Gasteiger partial charge in [-0.3, -0.25) is 9.69 Å². The molecule has 2 aromatic carbocycles. The minimum absolute atomic E-state index is 0.0792. The van der Waals surface area contributed by atoms with Gasteiger partial charge in [0.1, 0.15) is 11.3 Å². The molecule has 3 aromatic rings. The highest BCUT2D eigenvalue weighted by molar-refractivity contribution is 7.22. The number of hydrogen-bond donors (Lipinski definition) is 1. The number of halogens is 1. The van der Waals surface area contributed by atoms with E-state index in [1.807, 2.05) is 38.1 Å². The molecule has 1 aromatic heterocycles. The minimum Gasteiger partial charge on any atom is -0.340 e. The molecule has 6 heteroatoms. The fourth-order valence-corrected chi connectivity index (χ4v) is 4.01. The molecule has 0 unspecified atom stereocenters. The van der Waals surface area contributed by atoms with Gasteiger partial charge in [-0.25, -0.2) is 9.37 Å². The Morgan fingerprint density at radius 1 is 1.22 bits per heavy atom. The van der Waals surface area contributed by atoms with Gasteiger partial charge in [-0.15, -0.1) is 0 Å². The van der Waals surface area contributed by atoms with Crippen molar-refractivity contribution in [2.75, 3.05) is 32.1 Å². The van der Waals surface area contributed by atoms with Crippen molar-refractivity contribution in [1.82, 2.24) is 4.98 Å². The average molecular weight is 387 g/mol. The summed E-state index contributed by atoms with van der Waals surface area (Å²) < 4.78 is 14.9. The maximum atomic E-state index is 14.1. The second-order valence-corrected chi connectivity index (χ2v) is 8.18. The molecule has 1 N–H and O–H groups in total. The molecule has 0 aliphatic heterocycles. The second-order valence-electron chi connectivity index (χ2n) is 7.17. The van der Waals surface area contributed by atoms with Crippen LogP contribution in [0.2, 0.25) is 0 Å². The lowest BCUT2D eigenvalue weighted by Crippen LogP contribution is -3.05. The van der Waals surface area contributed by atoms with E-state index in [2.05, 4.69) is 19.1 Å². The summed E-state index contributed by atoms with van der Waals surface area (Å²) in [6.07, 6.45) is 0.845. The average Bonchev–Trinajstić information content (AvgIpc) is 3.05. The second kappa shape index (κ2) is 8.15. The molecule has 0 radical (unpaired) electrons. The van der Waals surface area contributed by atoms with Crippen molar-refractivity contribution < 1.29 is 14.1 Å². The predicted molar refractivity (Wildman–Crippen MR) is 109 cm³/mol. The lowest BCUT2D eigenvalue weighted by Gasteiger charge is -2.21. The Balaban J connectivity index is 2.00. The molecule has 0 spiro atoms. The zero-order valence-corrected chi connectivity index (χ0v) is 17.0. The van der Waals surface area contributed by atoms with Crippen molar-refractivity contribution in [3.63, 3.8) is 0 Å². The first kappa shape index (κ1) is 19.5. The maximum Gasteiger partial charge on any atom is 0.260 e. The van der Waals surface area contributed by atoms with Gasteiger partial charge in [0.05, 0.1) is 25.3 Å². The van der Waals surface area contributed by atoms with E-state index in [1.165, 1.54) is 22.3 Å². The van der Waals surface area contributed by atoms with E-state index in [4.69, 9.17) is 0 Å². The smallest absolute Gasteiger partial charge is 0.260 e. The van der Waals surface area contributed by atoms with E-state index < -0.39 is 0 Å². The summed E-state index contributed by atoms with van der Waals surface area (Å²) in [5.74, 6) is -0.434. The number of nitrogens with one attached hydrogen (secondary N) is 1. The van der Waals surface area contributed by atoms with Crippen LogP contribution in [-0.2, 0) is 0 Å². The molecule has 0 fully saturated rings. The number of aromatic nitrogens is 1. The fourth-order valence-electron chi connectivity index (χ4n) is 3.01. The van der Waals surface area contributed by atoms with E-state index in [-0.39, 0.29) is 11.7 Å². The Morgan fingerprint density at radius 2 is 2.00 bits per heavy atom. The molecule has 0 saturated heterocycles. The van der Waals surface area contributed by atoms with Crippen molar-refractivity contribution in [3.05, 3.63) is 58.9 Å². The van der Waals surface area contributed by atoms with Gasteiger partial charge in [-0.05, 0) is 37.6 Å². The van der Waals surface area contributed by atoms with Crippen LogP contribution in [0.25, 0.3) is 10.2 Å². The lowest BCUT2D eigenvalue weighted by atomic mass is 10.0. The Morgan fingerprint density at radius 3 is 2.70 bits per heavy atom. The largest absolute Gasteiger partial charge is 0.340 e. The number of nitrogens with zero attached hydrogens (tertiary/aromatic N) is 2. The van der Waals surface area contributed by atoms with Crippen LogP contribution in [0.1, 0.15) is 27.9 Å². The minimum atomic E-state index is -0.355. The van der Waals surface area contributed by atoms with Crippen LogP contribution in [0, 0.1) is 19.7 Å². The SMILES string of the molecule is Cc1ccc(C)c(C(=O)N(CCC[NH+](C)C)c2nc3c(F)cccc3s2)c1. The van der Waals surface area contributed by atoms with Crippen molar-refractivity contribution >= 4 is 32.6 Å².